The topological polar surface area (TPSA) is 73.0 Å². The number of nitrogens with zero attached hydrogens (tertiary/aromatic N) is 3. The Morgan fingerprint density at radius 3 is 2.96 bits per heavy atom. The molecule has 0 bridgehead atoms. The molecule has 0 radical (unpaired) electrons. The molecule has 3 rings (SSSR count). The van der Waals surface area contributed by atoms with E-state index in [0.29, 0.717) is 18.0 Å². The molecule has 24 heavy (non-hydrogen) atoms. The van der Waals surface area contributed by atoms with Gasteiger partial charge in [0, 0.05) is 24.1 Å². The molecule has 0 aliphatic rings. The fourth-order valence-corrected chi connectivity index (χ4v) is 2.77. The monoisotopic (exact) mass is 342 g/mol. The van der Waals surface area contributed by atoms with Crippen LogP contribution in [0, 0.1) is 0 Å². The summed E-state index contributed by atoms with van der Waals surface area (Å²) >= 11 is 1.72. The van der Waals surface area contributed by atoms with Gasteiger partial charge in [-0.3, -0.25) is 4.79 Å². The number of hydrogen-bond acceptors (Lipinski definition) is 5. The van der Waals surface area contributed by atoms with Crippen molar-refractivity contribution in [2.24, 2.45) is 0 Å². The predicted molar refractivity (Wildman–Crippen MR) is 93.1 cm³/mol. The largest absolute Gasteiger partial charge is 0.360 e. The molecule has 0 unspecified atom stereocenters. The second kappa shape index (κ2) is 7.83. The lowest BCUT2D eigenvalue weighted by atomic mass is 10.3. The smallest absolute Gasteiger partial charge is 0.273 e. The lowest BCUT2D eigenvalue weighted by Crippen LogP contribution is -2.24. The highest BCUT2D eigenvalue weighted by Gasteiger charge is 2.13. The molecular formula is C17H18N4O2S. The van der Waals surface area contributed by atoms with Gasteiger partial charge in [-0.1, -0.05) is 30.3 Å². The van der Waals surface area contributed by atoms with Crippen LogP contribution in [0.5, 0.6) is 0 Å². The second-order valence-electron chi connectivity index (χ2n) is 5.05. The highest BCUT2D eigenvalue weighted by molar-refractivity contribution is 7.98. The summed E-state index contributed by atoms with van der Waals surface area (Å²) in [4.78, 5) is 16.5. The predicted octanol–water partition coefficient (Wildman–Crippen LogP) is 3.04. The Balaban J connectivity index is 1.63. The minimum absolute atomic E-state index is 0.269. The van der Waals surface area contributed by atoms with Crippen LogP contribution in [0.3, 0.4) is 0 Å². The van der Waals surface area contributed by atoms with Crippen molar-refractivity contribution in [3.05, 3.63) is 66.1 Å². The molecule has 0 fully saturated rings. The Labute approximate surface area is 144 Å². The minimum atomic E-state index is -0.269. The van der Waals surface area contributed by atoms with E-state index in [1.807, 2.05) is 41.1 Å². The zero-order valence-corrected chi connectivity index (χ0v) is 14.1. The standard InChI is InChI=1S/C17H18N4O2S/c1-2-24-12-14-10-15(20-23-14)17(22)19-11-16-18-8-9-21(16)13-6-4-3-5-7-13/h3-10H,2,11-12H2,1H3,(H,19,22). The van der Waals surface area contributed by atoms with E-state index in [4.69, 9.17) is 4.52 Å². The number of amides is 1. The molecule has 0 spiro atoms. The van der Waals surface area contributed by atoms with E-state index in [0.717, 1.165) is 23.0 Å². The minimum Gasteiger partial charge on any atom is -0.360 e. The van der Waals surface area contributed by atoms with E-state index in [1.54, 1.807) is 24.0 Å². The van der Waals surface area contributed by atoms with Gasteiger partial charge in [-0.2, -0.15) is 11.8 Å². The first-order valence-electron chi connectivity index (χ1n) is 7.67. The summed E-state index contributed by atoms with van der Waals surface area (Å²) in [6.45, 7) is 2.39. The van der Waals surface area contributed by atoms with Crippen LogP contribution in [0.2, 0.25) is 0 Å². The van der Waals surface area contributed by atoms with Gasteiger partial charge < -0.3 is 14.4 Å². The third-order valence-electron chi connectivity index (χ3n) is 3.40. The molecule has 1 N–H and O–H groups in total. The number of carbonyl (C=O) groups excluding carboxylic acids is 1. The maximum absolute atomic E-state index is 12.2. The molecule has 0 saturated carbocycles. The molecule has 3 aromatic rings. The number of rotatable bonds is 7. The van der Waals surface area contributed by atoms with Crippen LogP contribution in [-0.2, 0) is 12.3 Å². The SMILES string of the molecule is CCSCc1cc(C(=O)NCc2nccn2-c2ccccc2)no1. The highest BCUT2D eigenvalue weighted by atomic mass is 32.2. The highest BCUT2D eigenvalue weighted by Crippen LogP contribution is 2.13. The maximum Gasteiger partial charge on any atom is 0.273 e. The first-order valence-corrected chi connectivity index (χ1v) is 8.82. The van der Waals surface area contributed by atoms with Crippen molar-refractivity contribution in [3.63, 3.8) is 0 Å². The average Bonchev–Trinajstić information content (AvgIpc) is 3.28. The number of carbonyl (C=O) groups is 1. The lowest BCUT2D eigenvalue weighted by molar-refractivity contribution is 0.0940. The van der Waals surface area contributed by atoms with Gasteiger partial charge in [0.05, 0.1) is 12.3 Å². The molecule has 2 heterocycles. The van der Waals surface area contributed by atoms with Crippen LogP contribution in [0.25, 0.3) is 5.69 Å². The second-order valence-corrected chi connectivity index (χ2v) is 6.32. The van der Waals surface area contributed by atoms with Crippen LogP contribution in [-0.4, -0.2) is 26.4 Å². The zero-order valence-electron chi connectivity index (χ0n) is 13.3. The number of benzene rings is 1. The number of nitrogens with one attached hydrogen (secondary N) is 1. The van der Waals surface area contributed by atoms with Crippen molar-refractivity contribution in [3.8, 4) is 5.69 Å². The van der Waals surface area contributed by atoms with Gasteiger partial charge in [0.15, 0.2) is 5.69 Å². The van der Waals surface area contributed by atoms with Crippen molar-refractivity contribution in [2.45, 2.75) is 19.2 Å². The molecule has 6 nitrogen and oxygen atoms in total. The first kappa shape index (κ1) is 16.3. The summed E-state index contributed by atoms with van der Waals surface area (Å²) in [5.74, 6) is 2.89. The van der Waals surface area contributed by atoms with Gasteiger partial charge >= 0.3 is 0 Å². The summed E-state index contributed by atoms with van der Waals surface area (Å²) < 4.78 is 7.10. The molecule has 124 valence electrons. The molecule has 1 aromatic carbocycles. The Morgan fingerprint density at radius 2 is 2.17 bits per heavy atom. The van der Waals surface area contributed by atoms with Crippen LogP contribution in [0.1, 0.15) is 29.0 Å². The van der Waals surface area contributed by atoms with Crippen LogP contribution >= 0.6 is 11.8 Å². The van der Waals surface area contributed by atoms with E-state index in [2.05, 4.69) is 22.4 Å². The van der Waals surface area contributed by atoms with Crippen LogP contribution in [0.15, 0.2) is 53.3 Å². The number of imidazole rings is 1. The third kappa shape index (κ3) is 3.86. The Kier molecular flexibility index (Phi) is 5.32. The van der Waals surface area contributed by atoms with Gasteiger partial charge in [0.2, 0.25) is 0 Å². The molecule has 0 saturated heterocycles. The van der Waals surface area contributed by atoms with Gasteiger partial charge in [0.1, 0.15) is 11.6 Å². The molecule has 0 aliphatic carbocycles. The van der Waals surface area contributed by atoms with E-state index in [-0.39, 0.29) is 5.91 Å². The number of thioether (sulfide) groups is 1. The Morgan fingerprint density at radius 1 is 1.33 bits per heavy atom. The fraction of sp³-hybridized carbons (Fsp3) is 0.235. The van der Waals surface area contributed by atoms with E-state index in [9.17, 15) is 4.79 Å². The van der Waals surface area contributed by atoms with Crippen molar-refractivity contribution in [1.82, 2.24) is 20.0 Å². The molecule has 0 atom stereocenters. The van der Waals surface area contributed by atoms with Crippen molar-refractivity contribution < 1.29 is 9.32 Å². The van der Waals surface area contributed by atoms with Gasteiger partial charge in [-0.25, -0.2) is 4.98 Å². The third-order valence-corrected chi connectivity index (χ3v) is 4.30. The van der Waals surface area contributed by atoms with Gasteiger partial charge in [-0.15, -0.1) is 0 Å². The van der Waals surface area contributed by atoms with Crippen LogP contribution in [0.4, 0.5) is 0 Å². The zero-order chi connectivity index (χ0) is 16.8. The average molecular weight is 342 g/mol. The summed E-state index contributed by atoms with van der Waals surface area (Å²) in [5, 5.41) is 6.65. The summed E-state index contributed by atoms with van der Waals surface area (Å²) in [6.07, 6.45) is 3.58. The number of aromatic nitrogens is 3. The Bertz CT molecular complexity index is 798. The van der Waals surface area contributed by atoms with Crippen molar-refractivity contribution in [2.75, 3.05) is 5.75 Å². The lowest BCUT2D eigenvalue weighted by Gasteiger charge is -2.08. The van der Waals surface area contributed by atoms with Gasteiger partial charge in [0.25, 0.3) is 5.91 Å². The van der Waals surface area contributed by atoms with Crippen molar-refractivity contribution >= 4 is 17.7 Å². The van der Waals surface area contributed by atoms with Crippen LogP contribution < -0.4 is 5.32 Å². The van der Waals surface area contributed by atoms with Gasteiger partial charge in [-0.05, 0) is 17.9 Å². The molecular weight excluding hydrogens is 324 g/mol. The summed E-state index contributed by atoms with van der Waals surface area (Å²) in [6, 6.07) is 11.5. The molecule has 1 amide bonds. The first-order chi connectivity index (χ1) is 11.8. The normalized spacial score (nSPS) is 10.7. The molecule has 7 heteroatoms. The van der Waals surface area contributed by atoms with E-state index >= 15 is 0 Å². The fourth-order valence-electron chi connectivity index (χ4n) is 2.23. The Hall–Kier alpha value is -2.54. The maximum atomic E-state index is 12.2. The summed E-state index contributed by atoms with van der Waals surface area (Å²) in [7, 11) is 0. The number of para-hydroxylation sites is 1. The van der Waals surface area contributed by atoms with E-state index < -0.39 is 0 Å². The quantitative estimate of drug-likeness (QED) is 0.714. The molecule has 0 aliphatic heterocycles. The molecule has 2 aromatic heterocycles. The van der Waals surface area contributed by atoms with Crippen molar-refractivity contribution in [1.29, 1.82) is 0 Å². The summed E-state index contributed by atoms with van der Waals surface area (Å²) in [5.41, 5.74) is 1.29. The number of hydrogen-bond donors (Lipinski definition) is 1. The van der Waals surface area contributed by atoms with E-state index in [1.165, 1.54) is 0 Å².